The van der Waals surface area contributed by atoms with Gasteiger partial charge in [-0.15, -0.1) is 11.3 Å². The van der Waals surface area contributed by atoms with Crippen LogP contribution in [0.1, 0.15) is 29.3 Å². The number of aryl methyl sites for hydroxylation is 1. The SMILES string of the molecule is COc1cc(C)ccc1NC(c1cccs1)C1CC1. The highest BCUT2D eigenvalue weighted by molar-refractivity contribution is 7.10. The van der Waals surface area contributed by atoms with Crippen LogP contribution in [-0.2, 0) is 0 Å². The number of hydrogen-bond donors (Lipinski definition) is 1. The minimum Gasteiger partial charge on any atom is -0.495 e. The quantitative estimate of drug-likeness (QED) is 0.857. The van der Waals surface area contributed by atoms with Crippen molar-refractivity contribution in [2.45, 2.75) is 25.8 Å². The molecule has 1 atom stereocenters. The molecule has 0 saturated heterocycles. The maximum absolute atomic E-state index is 5.49. The molecule has 19 heavy (non-hydrogen) atoms. The van der Waals surface area contributed by atoms with Crippen LogP contribution in [0.4, 0.5) is 5.69 Å². The van der Waals surface area contributed by atoms with Gasteiger partial charge in [-0.05, 0) is 54.8 Å². The van der Waals surface area contributed by atoms with E-state index in [9.17, 15) is 0 Å². The van der Waals surface area contributed by atoms with E-state index in [-0.39, 0.29) is 0 Å². The number of thiophene rings is 1. The summed E-state index contributed by atoms with van der Waals surface area (Å²) >= 11 is 1.83. The average molecular weight is 273 g/mol. The summed E-state index contributed by atoms with van der Waals surface area (Å²) in [6.07, 6.45) is 2.65. The van der Waals surface area contributed by atoms with Crippen LogP contribution in [-0.4, -0.2) is 7.11 Å². The molecule has 1 saturated carbocycles. The Labute approximate surface area is 118 Å². The van der Waals surface area contributed by atoms with Crippen LogP contribution in [0.2, 0.25) is 0 Å². The summed E-state index contributed by atoms with van der Waals surface area (Å²) in [5, 5.41) is 5.83. The molecule has 1 aliphatic carbocycles. The normalized spacial score (nSPS) is 16.1. The monoisotopic (exact) mass is 273 g/mol. The third-order valence-electron chi connectivity index (χ3n) is 3.61. The molecule has 1 unspecified atom stereocenters. The van der Waals surface area contributed by atoms with Crippen molar-refractivity contribution >= 4 is 17.0 Å². The Balaban J connectivity index is 1.86. The Morgan fingerprint density at radius 1 is 1.32 bits per heavy atom. The Morgan fingerprint density at radius 3 is 2.79 bits per heavy atom. The molecule has 1 fully saturated rings. The molecule has 1 N–H and O–H groups in total. The minimum absolute atomic E-state index is 0.427. The highest BCUT2D eigenvalue weighted by Crippen LogP contribution is 2.45. The molecule has 0 bridgehead atoms. The molecule has 0 radical (unpaired) electrons. The molecule has 1 aromatic carbocycles. The molecule has 1 aliphatic rings. The Hall–Kier alpha value is -1.48. The Kier molecular flexibility index (Phi) is 3.47. The molecule has 3 rings (SSSR count). The van der Waals surface area contributed by atoms with Crippen LogP contribution in [0.3, 0.4) is 0 Å². The lowest BCUT2D eigenvalue weighted by Crippen LogP contribution is -2.12. The summed E-state index contributed by atoms with van der Waals surface area (Å²) in [6, 6.07) is 11.1. The van der Waals surface area contributed by atoms with Gasteiger partial charge in [0.05, 0.1) is 18.8 Å². The second kappa shape index (κ2) is 5.25. The highest BCUT2D eigenvalue weighted by atomic mass is 32.1. The van der Waals surface area contributed by atoms with Crippen molar-refractivity contribution < 1.29 is 4.74 Å². The number of hydrogen-bond acceptors (Lipinski definition) is 3. The summed E-state index contributed by atoms with van der Waals surface area (Å²) in [7, 11) is 1.73. The van der Waals surface area contributed by atoms with E-state index in [0.717, 1.165) is 17.4 Å². The number of methoxy groups -OCH3 is 1. The first-order chi connectivity index (χ1) is 9.28. The van der Waals surface area contributed by atoms with E-state index in [2.05, 4.69) is 48.0 Å². The number of nitrogens with one attached hydrogen (secondary N) is 1. The van der Waals surface area contributed by atoms with Gasteiger partial charge in [0.2, 0.25) is 0 Å². The van der Waals surface area contributed by atoms with E-state index in [0.29, 0.717) is 6.04 Å². The second-order valence-electron chi connectivity index (χ2n) is 5.18. The summed E-state index contributed by atoms with van der Waals surface area (Å²) in [6.45, 7) is 2.09. The van der Waals surface area contributed by atoms with Gasteiger partial charge in [-0.1, -0.05) is 12.1 Å². The predicted molar refractivity (Wildman–Crippen MR) is 81.1 cm³/mol. The van der Waals surface area contributed by atoms with Gasteiger partial charge in [0.25, 0.3) is 0 Å². The fraction of sp³-hybridized carbons (Fsp3) is 0.375. The Morgan fingerprint density at radius 2 is 2.16 bits per heavy atom. The predicted octanol–water partition coefficient (Wildman–Crippen LogP) is 4.63. The fourth-order valence-electron chi connectivity index (χ4n) is 2.40. The van der Waals surface area contributed by atoms with Crippen LogP contribution < -0.4 is 10.1 Å². The summed E-state index contributed by atoms with van der Waals surface area (Å²) in [5.74, 6) is 1.70. The van der Waals surface area contributed by atoms with Crippen molar-refractivity contribution in [3.05, 3.63) is 46.2 Å². The van der Waals surface area contributed by atoms with E-state index in [1.54, 1.807) is 7.11 Å². The molecule has 1 heterocycles. The first-order valence-corrected chi connectivity index (χ1v) is 7.60. The van der Waals surface area contributed by atoms with Crippen molar-refractivity contribution in [3.8, 4) is 5.75 Å². The zero-order valence-corrected chi connectivity index (χ0v) is 12.2. The number of ether oxygens (including phenoxy) is 1. The fourth-order valence-corrected chi connectivity index (χ4v) is 3.27. The van der Waals surface area contributed by atoms with E-state index >= 15 is 0 Å². The van der Waals surface area contributed by atoms with E-state index in [4.69, 9.17) is 4.74 Å². The number of rotatable bonds is 5. The molecule has 100 valence electrons. The number of benzene rings is 1. The summed E-state index contributed by atoms with van der Waals surface area (Å²) in [5.41, 5.74) is 2.32. The van der Waals surface area contributed by atoms with Gasteiger partial charge in [-0.25, -0.2) is 0 Å². The minimum atomic E-state index is 0.427. The molecule has 3 heteroatoms. The van der Waals surface area contributed by atoms with E-state index in [1.165, 1.54) is 23.3 Å². The van der Waals surface area contributed by atoms with Crippen molar-refractivity contribution in [1.82, 2.24) is 0 Å². The van der Waals surface area contributed by atoms with Gasteiger partial charge in [0.15, 0.2) is 0 Å². The molecular weight excluding hydrogens is 254 g/mol. The molecule has 0 amide bonds. The Bertz CT molecular complexity index is 546. The van der Waals surface area contributed by atoms with Crippen LogP contribution in [0.15, 0.2) is 35.7 Å². The third-order valence-corrected chi connectivity index (χ3v) is 4.57. The van der Waals surface area contributed by atoms with Gasteiger partial charge in [0, 0.05) is 4.88 Å². The first kappa shape index (κ1) is 12.5. The largest absolute Gasteiger partial charge is 0.495 e. The lowest BCUT2D eigenvalue weighted by atomic mass is 10.1. The lowest BCUT2D eigenvalue weighted by Gasteiger charge is -2.20. The van der Waals surface area contributed by atoms with Crippen LogP contribution in [0, 0.1) is 12.8 Å². The smallest absolute Gasteiger partial charge is 0.142 e. The van der Waals surface area contributed by atoms with Gasteiger partial charge in [-0.3, -0.25) is 0 Å². The average Bonchev–Trinajstić information content (AvgIpc) is 3.11. The van der Waals surface area contributed by atoms with Crippen molar-refractivity contribution in [1.29, 1.82) is 0 Å². The highest BCUT2D eigenvalue weighted by Gasteiger charge is 2.33. The molecular formula is C16H19NOS. The van der Waals surface area contributed by atoms with Crippen LogP contribution in [0.25, 0.3) is 0 Å². The molecule has 2 nitrogen and oxygen atoms in total. The third kappa shape index (κ3) is 2.76. The van der Waals surface area contributed by atoms with Crippen molar-refractivity contribution in [2.75, 3.05) is 12.4 Å². The van der Waals surface area contributed by atoms with Gasteiger partial charge >= 0.3 is 0 Å². The van der Waals surface area contributed by atoms with Gasteiger partial charge < -0.3 is 10.1 Å². The maximum Gasteiger partial charge on any atom is 0.142 e. The maximum atomic E-state index is 5.49. The molecule has 0 aliphatic heterocycles. The number of anilines is 1. The van der Waals surface area contributed by atoms with Crippen LogP contribution in [0.5, 0.6) is 5.75 Å². The summed E-state index contributed by atoms with van der Waals surface area (Å²) < 4.78 is 5.49. The molecule has 2 aromatic rings. The van der Waals surface area contributed by atoms with Crippen molar-refractivity contribution in [2.24, 2.45) is 5.92 Å². The van der Waals surface area contributed by atoms with Gasteiger partial charge in [-0.2, -0.15) is 0 Å². The molecule has 1 aromatic heterocycles. The van der Waals surface area contributed by atoms with Crippen LogP contribution >= 0.6 is 11.3 Å². The zero-order chi connectivity index (χ0) is 13.2. The zero-order valence-electron chi connectivity index (χ0n) is 11.3. The van der Waals surface area contributed by atoms with Gasteiger partial charge in [0.1, 0.15) is 5.75 Å². The topological polar surface area (TPSA) is 21.3 Å². The second-order valence-corrected chi connectivity index (χ2v) is 6.16. The first-order valence-electron chi connectivity index (χ1n) is 6.72. The van der Waals surface area contributed by atoms with Crippen molar-refractivity contribution in [3.63, 3.8) is 0 Å². The molecule has 0 spiro atoms. The van der Waals surface area contributed by atoms with E-state index in [1.807, 2.05) is 11.3 Å². The standard InChI is InChI=1S/C16H19NOS/c1-11-5-8-13(14(10-11)18-2)17-16(12-6-7-12)15-4-3-9-19-15/h3-5,8-10,12,16-17H,6-7H2,1-2H3. The summed E-state index contributed by atoms with van der Waals surface area (Å²) in [4.78, 5) is 1.42. The lowest BCUT2D eigenvalue weighted by molar-refractivity contribution is 0.415. The van der Waals surface area contributed by atoms with E-state index < -0.39 is 0 Å².